The average Bonchev–Trinajstić information content (AvgIpc) is 2.36. The Balaban J connectivity index is 2.09. The van der Waals surface area contributed by atoms with E-state index in [9.17, 15) is 0 Å². The van der Waals surface area contributed by atoms with Crippen molar-refractivity contribution in [2.24, 2.45) is 28.6 Å². The molecule has 0 radical (unpaired) electrons. The topological polar surface area (TPSA) is 9.23 Å². The fourth-order valence-corrected chi connectivity index (χ4v) is 5.60. The van der Waals surface area contributed by atoms with Crippen LogP contribution in [0.1, 0.15) is 66.2 Å². The predicted octanol–water partition coefficient (Wildman–Crippen LogP) is 5.46. The van der Waals surface area contributed by atoms with E-state index in [0.29, 0.717) is 17.4 Å². The van der Waals surface area contributed by atoms with E-state index >= 15 is 0 Å². The van der Waals surface area contributed by atoms with Crippen LogP contribution in [0.4, 0.5) is 0 Å². The van der Waals surface area contributed by atoms with E-state index in [1.165, 1.54) is 38.5 Å². The normalized spacial score (nSPS) is 40.1. The van der Waals surface area contributed by atoms with Crippen LogP contribution < -0.4 is 0 Å². The predicted molar refractivity (Wildman–Crippen MR) is 86.8 cm³/mol. The van der Waals surface area contributed by atoms with E-state index in [-0.39, 0.29) is 0 Å². The standard InChI is InChI=1S/C19H34O/c1-6-13-20-14-10-16-15(2)8-9-17-18(3,4)11-7-12-19(16,17)5/h6,15-17H,1,7-14H2,2-5H3. The third-order valence-corrected chi connectivity index (χ3v) is 6.53. The molecule has 20 heavy (non-hydrogen) atoms. The largest absolute Gasteiger partial charge is 0.377 e. The maximum absolute atomic E-state index is 5.69. The van der Waals surface area contributed by atoms with Crippen LogP contribution in [0.25, 0.3) is 0 Å². The first-order chi connectivity index (χ1) is 9.42. The van der Waals surface area contributed by atoms with Gasteiger partial charge in [0.15, 0.2) is 0 Å². The smallest absolute Gasteiger partial charge is 0.0644 e. The van der Waals surface area contributed by atoms with Gasteiger partial charge < -0.3 is 4.74 Å². The van der Waals surface area contributed by atoms with Crippen molar-refractivity contribution in [3.63, 3.8) is 0 Å². The zero-order valence-electron chi connectivity index (χ0n) is 14.1. The van der Waals surface area contributed by atoms with Crippen molar-refractivity contribution in [2.45, 2.75) is 66.2 Å². The first-order valence-electron chi connectivity index (χ1n) is 8.60. The van der Waals surface area contributed by atoms with Crippen LogP contribution in [-0.2, 0) is 4.74 Å². The van der Waals surface area contributed by atoms with Crippen LogP contribution in [0.15, 0.2) is 12.7 Å². The quantitative estimate of drug-likeness (QED) is 0.479. The van der Waals surface area contributed by atoms with E-state index in [1.54, 1.807) is 0 Å². The average molecular weight is 278 g/mol. The molecule has 2 saturated carbocycles. The lowest BCUT2D eigenvalue weighted by Gasteiger charge is -2.59. The van der Waals surface area contributed by atoms with Gasteiger partial charge in [-0.3, -0.25) is 0 Å². The fourth-order valence-electron chi connectivity index (χ4n) is 5.60. The summed E-state index contributed by atoms with van der Waals surface area (Å²) >= 11 is 0. The highest BCUT2D eigenvalue weighted by atomic mass is 16.5. The first kappa shape index (κ1) is 16.1. The molecule has 0 bridgehead atoms. The molecule has 2 rings (SSSR count). The highest BCUT2D eigenvalue weighted by Crippen LogP contribution is 2.61. The van der Waals surface area contributed by atoms with Crippen LogP contribution >= 0.6 is 0 Å². The molecule has 116 valence electrons. The second kappa shape index (κ2) is 6.22. The van der Waals surface area contributed by atoms with Gasteiger partial charge in [-0.25, -0.2) is 0 Å². The molecule has 0 aromatic carbocycles. The lowest BCUT2D eigenvalue weighted by molar-refractivity contribution is -0.101. The van der Waals surface area contributed by atoms with Gasteiger partial charge >= 0.3 is 0 Å². The Morgan fingerprint density at radius 2 is 1.95 bits per heavy atom. The third-order valence-electron chi connectivity index (χ3n) is 6.53. The molecule has 0 spiro atoms. The number of hydrogen-bond donors (Lipinski definition) is 0. The van der Waals surface area contributed by atoms with Crippen LogP contribution in [0.5, 0.6) is 0 Å². The molecule has 0 aromatic rings. The van der Waals surface area contributed by atoms with Gasteiger partial charge in [0.2, 0.25) is 0 Å². The summed E-state index contributed by atoms with van der Waals surface area (Å²) in [4.78, 5) is 0. The number of rotatable bonds is 5. The minimum absolute atomic E-state index is 0.535. The van der Waals surface area contributed by atoms with Crippen molar-refractivity contribution < 1.29 is 4.74 Å². The Hall–Kier alpha value is -0.300. The van der Waals surface area contributed by atoms with Gasteiger partial charge in [-0.1, -0.05) is 46.6 Å². The van der Waals surface area contributed by atoms with Crippen molar-refractivity contribution in [1.29, 1.82) is 0 Å². The Morgan fingerprint density at radius 3 is 2.65 bits per heavy atom. The van der Waals surface area contributed by atoms with Crippen LogP contribution in [0, 0.1) is 28.6 Å². The van der Waals surface area contributed by atoms with E-state index in [2.05, 4.69) is 34.3 Å². The molecule has 4 atom stereocenters. The van der Waals surface area contributed by atoms with Gasteiger partial charge in [-0.15, -0.1) is 6.58 Å². The highest BCUT2D eigenvalue weighted by molar-refractivity contribution is 5.02. The second-order valence-electron chi connectivity index (χ2n) is 8.21. The van der Waals surface area contributed by atoms with Crippen molar-refractivity contribution in [2.75, 3.05) is 13.2 Å². The molecular weight excluding hydrogens is 244 g/mol. The Labute approximate surface area is 126 Å². The molecule has 0 aliphatic heterocycles. The Bertz CT molecular complexity index is 333. The molecule has 0 heterocycles. The van der Waals surface area contributed by atoms with Gasteiger partial charge in [0.1, 0.15) is 0 Å². The molecule has 0 saturated heterocycles. The van der Waals surface area contributed by atoms with Crippen LogP contribution in [-0.4, -0.2) is 13.2 Å². The van der Waals surface area contributed by atoms with Gasteiger partial charge in [0, 0.05) is 6.61 Å². The minimum atomic E-state index is 0.535. The minimum Gasteiger partial charge on any atom is -0.377 e. The monoisotopic (exact) mass is 278 g/mol. The molecule has 4 unspecified atom stereocenters. The summed E-state index contributed by atoms with van der Waals surface area (Å²) in [7, 11) is 0. The summed E-state index contributed by atoms with van der Waals surface area (Å²) in [6.07, 6.45) is 10.2. The van der Waals surface area contributed by atoms with Crippen LogP contribution in [0.3, 0.4) is 0 Å². The van der Waals surface area contributed by atoms with E-state index < -0.39 is 0 Å². The Morgan fingerprint density at radius 1 is 1.20 bits per heavy atom. The molecule has 0 aromatic heterocycles. The maximum atomic E-state index is 5.69. The number of fused-ring (bicyclic) bond motifs is 1. The molecule has 2 aliphatic rings. The molecule has 2 aliphatic carbocycles. The SMILES string of the molecule is C=CCOCCC1C(C)CCC2C(C)(C)CCCC12C. The first-order valence-corrected chi connectivity index (χ1v) is 8.60. The summed E-state index contributed by atoms with van der Waals surface area (Å²) < 4.78 is 5.69. The van der Waals surface area contributed by atoms with Gasteiger partial charge in [0.25, 0.3) is 0 Å². The summed E-state index contributed by atoms with van der Waals surface area (Å²) in [5.41, 5.74) is 1.07. The van der Waals surface area contributed by atoms with Gasteiger partial charge in [0.05, 0.1) is 6.61 Å². The lowest BCUT2D eigenvalue weighted by atomic mass is 9.46. The lowest BCUT2D eigenvalue weighted by Crippen LogP contribution is -2.51. The fraction of sp³-hybridized carbons (Fsp3) is 0.895. The van der Waals surface area contributed by atoms with Crippen molar-refractivity contribution >= 4 is 0 Å². The molecule has 1 nitrogen and oxygen atoms in total. The zero-order valence-corrected chi connectivity index (χ0v) is 14.1. The summed E-state index contributed by atoms with van der Waals surface area (Å²) in [5, 5.41) is 0. The second-order valence-corrected chi connectivity index (χ2v) is 8.21. The van der Waals surface area contributed by atoms with E-state index in [4.69, 9.17) is 4.74 Å². The molecular formula is C19H34O. The third kappa shape index (κ3) is 2.98. The molecule has 0 N–H and O–H groups in total. The molecule has 1 heteroatoms. The maximum Gasteiger partial charge on any atom is 0.0644 e. The molecule has 2 fully saturated rings. The number of hydrogen-bond acceptors (Lipinski definition) is 1. The molecule has 0 amide bonds. The van der Waals surface area contributed by atoms with E-state index in [0.717, 1.165) is 24.4 Å². The number of ether oxygens (including phenoxy) is 1. The van der Waals surface area contributed by atoms with Gasteiger partial charge in [-0.2, -0.15) is 0 Å². The summed E-state index contributed by atoms with van der Waals surface area (Å²) in [5.74, 6) is 2.60. The zero-order chi connectivity index (χ0) is 14.8. The van der Waals surface area contributed by atoms with E-state index in [1.807, 2.05) is 6.08 Å². The summed E-state index contributed by atoms with van der Waals surface area (Å²) in [6.45, 7) is 15.4. The van der Waals surface area contributed by atoms with Crippen molar-refractivity contribution in [3.05, 3.63) is 12.7 Å². The van der Waals surface area contributed by atoms with Crippen molar-refractivity contribution in [1.82, 2.24) is 0 Å². The van der Waals surface area contributed by atoms with Crippen molar-refractivity contribution in [3.8, 4) is 0 Å². The summed E-state index contributed by atoms with van der Waals surface area (Å²) in [6, 6.07) is 0. The van der Waals surface area contributed by atoms with Gasteiger partial charge in [-0.05, 0) is 54.3 Å². The highest BCUT2D eigenvalue weighted by Gasteiger charge is 2.53. The van der Waals surface area contributed by atoms with Crippen LogP contribution in [0.2, 0.25) is 0 Å². The Kier molecular flexibility index (Phi) is 5.00.